The van der Waals surface area contributed by atoms with Crippen molar-refractivity contribution in [2.75, 3.05) is 39.3 Å². The van der Waals surface area contributed by atoms with Gasteiger partial charge in [-0.2, -0.15) is 0 Å². The second kappa shape index (κ2) is 17.5. The fourth-order valence-electron chi connectivity index (χ4n) is 6.32. The quantitative estimate of drug-likeness (QED) is 0.142. The van der Waals surface area contributed by atoms with Gasteiger partial charge >= 0.3 is 0 Å². The van der Waals surface area contributed by atoms with E-state index in [1.165, 1.54) is 57.6 Å². The van der Waals surface area contributed by atoms with Gasteiger partial charge in [-0.15, -0.1) is 0 Å². The second-order valence-corrected chi connectivity index (χ2v) is 14.7. The first kappa shape index (κ1) is 38.3. The van der Waals surface area contributed by atoms with E-state index < -0.39 is 28.5 Å². The summed E-state index contributed by atoms with van der Waals surface area (Å²) in [5.41, 5.74) is 1.61. The molecule has 0 bridgehead atoms. The van der Waals surface area contributed by atoms with Crippen molar-refractivity contribution in [3.63, 3.8) is 0 Å². The highest BCUT2D eigenvalue weighted by Gasteiger charge is 2.37. The van der Waals surface area contributed by atoms with Gasteiger partial charge in [-0.3, -0.25) is 13.9 Å². The highest BCUT2D eigenvalue weighted by molar-refractivity contribution is 7.92. The van der Waals surface area contributed by atoms with Crippen LogP contribution in [0.4, 0.5) is 5.69 Å². The summed E-state index contributed by atoms with van der Waals surface area (Å²) in [6.07, 6.45) is 3.91. The van der Waals surface area contributed by atoms with Crippen molar-refractivity contribution < 1.29 is 37.0 Å². The molecule has 0 aromatic heterocycles. The topological polar surface area (TPSA) is 124 Å². The fraction of sp³-hybridized carbons (Fsp3) is 0.333. The van der Waals surface area contributed by atoms with Crippen molar-refractivity contribution in [3.05, 3.63) is 107 Å². The number of nitrogens with zero attached hydrogens (tertiary/aromatic N) is 2. The standard InChI is InChI=1S/C39H44ClN3O8S/c1-48-31-18-20-35(49-2)33(23-31)43(52(46,47)32-19-21-36(50-3)37(24-32)51-4)26-38(44)42(25-28-14-16-29(40)17-15-28)34(22-27-10-6-5-7-11-27)39(45)41-30-12-8-9-13-30/h5-7,10-11,14-21,23-24,30,34H,8-9,12-13,22,25-26H2,1-4H3,(H,41,45)/t34-/m1/s1. The third-order valence-corrected chi connectivity index (χ3v) is 11.1. The molecule has 0 heterocycles. The molecule has 1 aliphatic rings. The number of sulfonamides is 1. The molecule has 1 saturated carbocycles. The molecule has 52 heavy (non-hydrogen) atoms. The molecule has 11 nitrogen and oxygen atoms in total. The first-order chi connectivity index (χ1) is 25.1. The lowest BCUT2D eigenvalue weighted by atomic mass is 10.0. The molecule has 1 N–H and O–H groups in total. The lowest BCUT2D eigenvalue weighted by molar-refractivity contribution is -0.140. The number of halogens is 1. The monoisotopic (exact) mass is 749 g/mol. The van der Waals surface area contributed by atoms with Gasteiger partial charge in [0, 0.05) is 36.2 Å². The van der Waals surface area contributed by atoms with Gasteiger partial charge in [-0.05, 0) is 60.4 Å². The van der Waals surface area contributed by atoms with Gasteiger partial charge in [0.05, 0.1) is 39.0 Å². The van der Waals surface area contributed by atoms with Crippen LogP contribution in [0.2, 0.25) is 5.02 Å². The highest BCUT2D eigenvalue weighted by Crippen LogP contribution is 2.38. The molecule has 0 unspecified atom stereocenters. The van der Waals surface area contributed by atoms with Crippen LogP contribution >= 0.6 is 11.6 Å². The maximum absolute atomic E-state index is 14.9. The minimum absolute atomic E-state index is 0.00504. The first-order valence-electron chi connectivity index (χ1n) is 16.9. The van der Waals surface area contributed by atoms with Crippen molar-refractivity contribution in [1.82, 2.24) is 10.2 Å². The summed E-state index contributed by atoms with van der Waals surface area (Å²) < 4.78 is 52.2. The SMILES string of the molecule is COc1ccc(OC)c(N(CC(=O)N(Cc2ccc(Cl)cc2)[C@H](Cc2ccccc2)C(=O)NC2CCCC2)S(=O)(=O)c2ccc(OC)c(OC)c2)c1. The van der Waals surface area contributed by atoms with Crippen LogP contribution in [0.5, 0.6) is 23.0 Å². The number of ether oxygens (including phenoxy) is 4. The second-order valence-electron chi connectivity index (χ2n) is 12.4. The largest absolute Gasteiger partial charge is 0.497 e. The smallest absolute Gasteiger partial charge is 0.265 e. The molecule has 5 rings (SSSR count). The molecule has 4 aromatic carbocycles. The Balaban J connectivity index is 1.64. The van der Waals surface area contributed by atoms with Crippen molar-refractivity contribution in [3.8, 4) is 23.0 Å². The number of methoxy groups -OCH3 is 4. The Kier molecular flexibility index (Phi) is 12.9. The van der Waals surface area contributed by atoms with E-state index in [2.05, 4.69) is 5.32 Å². The van der Waals surface area contributed by atoms with E-state index in [1.807, 2.05) is 30.3 Å². The van der Waals surface area contributed by atoms with Gasteiger partial charge in [0.1, 0.15) is 24.1 Å². The number of anilines is 1. The van der Waals surface area contributed by atoms with Crippen LogP contribution in [0.25, 0.3) is 0 Å². The molecular formula is C39H44ClN3O8S. The van der Waals surface area contributed by atoms with E-state index in [0.717, 1.165) is 35.6 Å². The lowest BCUT2D eigenvalue weighted by Gasteiger charge is -2.34. The Bertz CT molecular complexity index is 1940. The van der Waals surface area contributed by atoms with Crippen LogP contribution in [0.15, 0.2) is 95.9 Å². The number of hydrogen-bond donors (Lipinski definition) is 1. The molecule has 0 aliphatic heterocycles. The van der Waals surface area contributed by atoms with Crippen LogP contribution in [0.1, 0.15) is 36.8 Å². The summed E-state index contributed by atoms with van der Waals surface area (Å²) in [6, 6.07) is 24.3. The van der Waals surface area contributed by atoms with Crippen LogP contribution < -0.4 is 28.6 Å². The maximum Gasteiger partial charge on any atom is 0.265 e. The summed E-state index contributed by atoms with van der Waals surface area (Å²) in [5, 5.41) is 3.69. The molecule has 2 amide bonds. The fourth-order valence-corrected chi connectivity index (χ4v) is 7.88. The third-order valence-electron chi connectivity index (χ3n) is 9.12. The molecule has 0 radical (unpaired) electrons. The molecule has 0 saturated heterocycles. The molecule has 1 aliphatic carbocycles. The normalized spacial score (nSPS) is 13.6. The average molecular weight is 750 g/mol. The van der Waals surface area contributed by atoms with Crippen molar-refractivity contribution in [2.24, 2.45) is 0 Å². The number of benzene rings is 4. The minimum atomic E-state index is -4.50. The van der Waals surface area contributed by atoms with Gasteiger partial charge in [-0.1, -0.05) is 66.9 Å². The van der Waals surface area contributed by atoms with Gasteiger partial charge in [-0.25, -0.2) is 8.42 Å². The maximum atomic E-state index is 14.9. The zero-order valence-electron chi connectivity index (χ0n) is 29.7. The van der Waals surface area contributed by atoms with E-state index in [0.29, 0.717) is 22.1 Å². The van der Waals surface area contributed by atoms with Gasteiger partial charge in [0.25, 0.3) is 10.0 Å². The van der Waals surface area contributed by atoms with Crippen LogP contribution in [-0.2, 0) is 32.6 Å². The zero-order valence-corrected chi connectivity index (χ0v) is 31.3. The van der Waals surface area contributed by atoms with Gasteiger partial charge in [0.15, 0.2) is 11.5 Å². The third kappa shape index (κ3) is 9.10. The lowest BCUT2D eigenvalue weighted by Crippen LogP contribution is -2.54. The number of amides is 2. The van der Waals surface area contributed by atoms with Crippen LogP contribution in [0.3, 0.4) is 0 Å². The van der Waals surface area contributed by atoms with Crippen molar-refractivity contribution in [2.45, 2.75) is 55.6 Å². The Morgan fingerprint density at radius 2 is 1.44 bits per heavy atom. The van der Waals surface area contributed by atoms with E-state index in [4.69, 9.17) is 30.5 Å². The summed E-state index contributed by atoms with van der Waals surface area (Å²) in [6.45, 7) is -0.680. The molecule has 1 atom stereocenters. The number of hydrogen-bond acceptors (Lipinski definition) is 8. The molecule has 4 aromatic rings. The molecule has 0 spiro atoms. The predicted molar refractivity (Wildman–Crippen MR) is 200 cm³/mol. The van der Waals surface area contributed by atoms with Crippen molar-refractivity contribution in [1.29, 1.82) is 0 Å². The Hall–Kier alpha value is -4.94. The van der Waals surface area contributed by atoms with E-state index in [9.17, 15) is 18.0 Å². The molecule has 13 heteroatoms. The average Bonchev–Trinajstić information content (AvgIpc) is 3.68. The summed E-state index contributed by atoms with van der Waals surface area (Å²) >= 11 is 6.21. The van der Waals surface area contributed by atoms with E-state index in [-0.39, 0.29) is 47.0 Å². The molecule has 276 valence electrons. The van der Waals surface area contributed by atoms with Crippen LogP contribution in [0, 0.1) is 0 Å². The first-order valence-corrected chi connectivity index (χ1v) is 18.7. The predicted octanol–water partition coefficient (Wildman–Crippen LogP) is 6.27. The van der Waals surface area contributed by atoms with Gasteiger partial charge < -0.3 is 29.2 Å². The van der Waals surface area contributed by atoms with Crippen molar-refractivity contribution >= 4 is 39.1 Å². The Morgan fingerprint density at radius 1 is 0.788 bits per heavy atom. The zero-order chi connectivity index (χ0) is 37.3. The highest BCUT2D eigenvalue weighted by atomic mass is 35.5. The minimum Gasteiger partial charge on any atom is -0.497 e. The number of carbonyl (C=O) groups is 2. The molecule has 1 fully saturated rings. The van der Waals surface area contributed by atoms with E-state index >= 15 is 0 Å². The molecular weight excluding hydrogens is 706 g/mol. The number of nitrogens with one attached hydrogen (secondary N) is 1. The Labute approximate surface area is 310 Å². The number of rotatable bonds is 16. The van der Waals surface area contributed by atoms with E-state index in [1.54, 1.807) is 36.4 Å². The Morgan fingerprint density at radius 3 is 2.08 bits per heavy atom. The van der Waals surface area contributed by atoms with Gasteiger partial charge in [0.2, 0.25) is 11.8 Å². The summed E-state index contributed by atoms with van der Waals surface area (Å²) in [4.78, 5) is 30.5. The number of carbonyl (C=O) groups excluding carboxylic acids is 2. The van der Waals surface area contributed by atoms with Crippen LogP contribution in [-0.4, -0.2) is 72.2 Å². The summed E-state index contributed by atoms with van der Waals surface area (Å²) in [7, 11) is 1.21. The summed E-state index contributed by atoms with van der Waals surface area (Å²) in [5.74, 6) is 0.101.